The summed E-state index contributed by atoms with van der Waals surface area (Å²) in [6.45, 7) is 0. The molecule has 1 radical (unpaired) electrons. The van der Waals surface area contributed by atoms with Gasteiger partial charge in [0.1, 0.15) is 0 Å². The van der Waals surface area contributed by atoms with Crippen molar-refractivity contribution in [3.63, 3.8) is 0 Å². The van der Waals surface area contributed by atoms with E-state index in [-0.39, 0.29) is 0 Å². The van der Waals surface area contributed by atoms with Crippen molar-refractivity contribution in [3.05, 3.63) is 41.5 Å². The average molecular weight is 257 g/mol. The second-order valence-corrected chi connectivity index (χ2v) is 4.17. The Morgan fingerprint density at radius 3 is 2.73 bits per heavy atom. The lowest BCUT2D eigenvalue weighted by atomic mass is 10.1. The number of benzene rings is 1. The van der Waals surface area contributed by atoms with Gasteiger partial charge in [-0.3, -0.25) is 0 Å². The molecular formula is C9H6IO. The highest BCUT2D eigenvalue weighted by atomic mass is 127. The third-order valence-electron chi connectivity index (χ3n) is 1.81. The van der Waals surface area contributed by atoms with E-state index in [9.17, 15) is 5.11 Å². The summed E-state index contributed by atoms with van der Waals surface area (Å²) in [5.74, 6) is 0. The third-order valence-corrected chi connectivity index (χ3v) is 2.75. The Labute approximate surface area is 78.9 Å². The van der Waals surface area contributed by atoms with Crippen molar-refractivity contribution < 1.29 is 5.11 Å². The number of halogens is 1. The first-order valence-corrected chi connectivity index (χ1v) is 4.46. The maximum atomic E-state index is 11.6. The quantitative estimate of drug-likeness (QED) is 0.503. The van der Waals surface area contributed by atoms with Crippen LogP contribution in [0.4, 0.5) is 0 Å². The summed E-state index contributed by atoms with van der Waals surface area (Å²) in [5, 5.41) is 11.6. The molecule has 2 rings (SSSR count). The van der Waals surface area contributed by atoms with Crippen molar-refractivity contribution in [3.8, 4) is 0 Å². The van der Waals surface area contributed by atoms with Crippen molar-refractivity contribution in [2.75, 3.05) is 0 Å². The van der Waals surface area contributed by atoms with Crippen LogP contribution in [0.3, 0.4) is 0 Å². The summed E-state index contributed by atoms with van der Waals surface area (Å²) in [6.07, 6.45) is 3.58. The smallest absolute Gasteiger partial charge is 0.198 e. The second-order valence-electron chi connectivity index (χ2n) is 2.57. The molecule has 0 fully saturated rings. The summed E-state index contributed by atoms with van der Waals surface area (Å²) in [6, 6.07) is 7.69. The van der Waals surface area contributed by atoms with Crippen LogP contribution < -0.4 is 0 Å². The Morgan fingerprint density at radius 1 is 1.27 bits per heavy atom. The van der Waals surface area contributed by atoms with E-state index in [1.54, 1.807) is 6.08 Å². The highest BCUT2D eigenvalue weighted by Crippen LogP contribution is 2.39. The van der Waals surface area contributed by atoms with Gasteiger partial charge in [0.25, 0.3) is 0 Å². The van der Waals surface area contributed by atoms with Crippen LogP contribution in [-0.4, -0.2) is 0 Å². The molecule has 1 aromatic rings. The van der Waals surface area contributed by atoms with Gasteiger partial charge in [-0.05, 0) is 34.2 Å². The maximum absolute atomic E-state index is 11.6. The van der Waals surface area contributed by atoms with E-state index < -0.39 is 3.61 Å². The molecule has 1 nitrogen and oxygen atoms in total. The molecule has 55 valence electrons. The molecule has 0 bridgehead atoms. The monoisotopic (exact) mass is 257 g/mol. The largest absolute Gasteiger partial charge is 0.208 e. The lowest BCUT2D eigenvalue weighted by molar-refractivity contribution is 0.116. The summed E-state index contributed by atoms with van der Waals surface area (Å²) in [4.78, 5) is 0. The molecule has 1 unspecified atom stereocenters. The average Bonchev–Trinajstić information content (AvgIpc) is 2.29. The first-order chi connectivity index (χ1) is 5.20. The van der Waals surface area contributed by atoms with Gasteiger partial charge in [0.2, 0.25) is 0 Å². The number of hydrogen-bond donors (Lipinski definition) is 0. The maximum Gasteiger partial charge on any atom is 0.198 e. The van der Waals surface area contributed by atoms with Gasteiger partial charge in [0, 0.05) is 5.56 Å². The highest BCUT2D eigenvalue weighted by molar-refractivity contribution is 14.1. The molecule has 0 heterocycles. The minimum absolute atomic E-state index is 0.876. The van der Waals surface area contributed by atoms with Crippen LogP contribution in [0.1, 0.15) is 11.1 Å². The molecule has 0 saturated carbocycles. The van der Waals surface area contributed by atoms with Crippen LogP contribution in [0.25, 0.3) is 6.08 Å². The molecule has 1 atom stereocenters. The van der Waals surface area contributed by atoms with Gasteiger partial charge in [0.15, 0.2) is 3.61 Å². The fourth-order valence-electron chi connectivity index (χ4n) is 1.24. The molecule has 0 spiro atoms. The van der Waals surface area contributed by atoms with Crippen LogP contribution in [0.5, 0.6) is 0 Å². The lowest BCUT2D eigenvalue weighted by Crippen LogP contribution is -2.07. The summed E-state index contributed by atoms with van der Waals surface area (Å²) < 4.78 is -1.03. The number of rotatable bonds is 0. The van der Waals surface area contributed by atoms with Crippen LogP contribution in [0, 0.1) is 0 Å². The number of alkyl halides is 1. The SMILES string of the molecule is [O]C1(I)C=Cc2ccccc21. The Hall–Kier alpha value is -0.350. The lowest BCUT2D eigenvalue weighted by Gasteiger charge is -2.10. The number of fused-ring (bicyclic) bond motifs is 1. The van der Waals surface area contributed by atoms with Crippen LogP contribution in [0.15, 0.2) is 30.3 Å². The van der Waals surface area contributed by atoms with Gasteiger partial charge in [-0.1, -0.05) is 30.3 Å². The summed E-state index contributed by atoms with van der Waals surface area (Å²) >= 11 is 1.92. The predicted molar refractivity (Wildman–Crippen MR) is 51.9 cm³/mol. The van der Waals surface area contributed by atoms with E-state index in [2.05, 4.69) is 0 Å². The fraction of sp³-hybridized carbons (Fsp3) is 0.111. The minimum atomic E-state index is -1.03. The van der Waals surface area contributed by atoms with Gasteiger partial charge in [-0.25, -0.2) is 5.11 Å². The Morgan fingerprint density at radius 2 is 2.00 bits per heavy atom. The van der Waals surface area contributed by atoms with Crippen molar-refractivity contribution in [1.82, 2.24) is 0 Å². The molecule has 0 aromatic heterocycles. The molecule has 11 heavy (non-hydrogen) atoms. The Balaban J connectivity index is 2.64. The Kier molecular flexibility index (Phi) is 1.54. The zero-order chi connectivity index (χ0) is 7.90. The van der Waals surface area contributed by atoms with E-state index in [1.165, 1.54) is 0 Å². The Bertz CT molecular complexity index is 315. The first kappa shape index (κ1) is 7.31. The molecule has 1 aliphatic carbocycles. The third kappa shape index (κ3) is 1.10. The molecule has 0 saturated heterocycles. The minimum Gasteiger partial charge on any atom is -0.208 e. The van der Waals surface area contributed by atoms with Crippen molar-refractivity contribution in [1.29, 1.82) is 0 Å². The zero-order valence-electron chi connectivity index (χ0n) is 5.75. The van der Waals surface area contributed by atoms with Crippen LogP contribution in [0.2, 0.25) is 0 Å². The topological polar surface area (TPSA) is 19.9 Å². The molecule has 0 amide bonds. The van der Waals surface area contributed by atoms with Gasteiger partial charge < -0.3 is 0 Å². The van der Waals surface area contributed by atoms with E-state index in [0.717, 1.165) is 11.1 Å². The first-order valence-electron chi connectivity index (χ1n) is 3.38. The number of hydrogen-bond acceptors (Lipinski definition) is 0. The highest BCUT2D eigenvalue weighted by Gasteiger charge is 2.30. The van der Waals surface area contributed by atoms with Gasteiger partial charge in [0.05, 0.1) is 0 Å². The van der Waals surface area contributed by atoms with E-state index in [1.807, 2.05) is 52.9 Å². The molecule has 1 aromatic carbocycles. The van der Waals surface area contributed by atoms with Crippen molar-refractivity contribution in [2.24, 2.45) is 0 Å². The van der Waals surface area contributed by atoms with E-state index in [0.29, 0.717) is 0 Å². The van der Waals surface area contributed by atoms with Gasteiger partial charge in [-0.2, -0.15) is 0 Å². The second kappa shape index (κ2) is 2.32. The zero-order valence-corrected chi connectivity index (χ0v) is 7.91. The molecule has 2 heteroatoms. The van der Waals surface area contributed by atoms with E-state index in [4.69, 9.17) is 0 Å². The molecule has 0 N–H and O–H groups in total. The van der Waals surface area contributed by atoms with Crippen LogP contribution in [-0.2, 0) is 8.71 Å². The summed E-state index contributed by atoms with van der Waals surface area (Å²) in [7, 11) is 0. The predicted octanol–water partition coefficient (Wildman–Crippen LogP) is 2.73. The molecular weight excluding hydrogens is 251 g/mol. The van der Waals surface area contributed by atoms with E-state index >= 15 is 0 Å². The molecule has 0 aliphatic heterocycles. The fourth-order valence-corrected chi connectivity index (χ4v) is 1.91. The summed E-state index contributed by atoms with van der Waals surface area (Å²) in [5.41, 5.74) is 1.93. The van der Waals surface area contributed by atoms with Crippen LogP contribution >= 0.6 is 22.6 Å². The standard InChI is InChI=1S/C9H6IO/c10-9(11)6-5-7-3-1-2-4-8(7)9/h1-6H. The molecule has 1 aliphatic rings. The van der Waals surface area contributed by atoms with Crippen molar-refractivity contribution in [2.45, 2.75) is 3.61 Å². The normalized spacial score (nSPS) is 27.1. The van der Waals surface area contributed by atoms with Gasteiger partial charge in [-0.15, -0.1) is 0 Å². The van der Waals surface area contributed by atoms with Crippen molar-refractivity contribution >= 4 is 28.7 Å². The van der Waals surface area contributed by atoms with Gasteiger partial charge >= 0.3 is 0 Å².